The fraction of sp³-hybridized carbons (Fsp3) is 0.245. The van der Waals surface area contributed by atoms with Gasteiger partial charge in [0.2, 0.25) is 0 Å². The number of nitrogens with one attached hydrogen (secondary N) is 1. The predicted molar refractivity (Wildman–Crippen MR) is 283 cm³/mol. The first kappa shape index (κ1) is 55.5. The van der Waals surface area contributed by atoms with E-state index in [1.165, 1.54) is 27.7 Å². The van der Waals surface area contributed by atoms with Gasteiger partial charge in [0.15, 0.2) is 5.82 Å². The average Bonchev–Trinajstić information content (AvgIpc) is 3.88. The summed E-state index contributed by atoms with van der Waals surface area (Å²) in [4.78, 5) is 53.5. The molecule has 0 aliphatic carbocycles. The van der Waals surface area contributed by atoms with Gasteiger partial charge in [0.05, 0.1) is 68.4 Å². The highest BCUT2D eigenvalue weighted by molar-refractivity contribution is 9.10. The molecule has 370 valence electrons. The van der Waals surface area contributed by atoms with Crippen molar-refractivity contribution in [2.75, 3.05) is 26.6 Å². The second kappa shape index (κ2) is 26.1. The first-order valence-corrected chi connectivity index (χ1v) is 24.4. The van der Waals surface area contributed by atoms with E-state index in [0.717, 1.165) is 63.0 Å². The van der Waals surface area contributed by atoms with Crippen LogP contribution in [0.25, 0.3) is 20.7 Å². The number of fused-ring (bicyclic) bond motifs is 1. The van der Waals surface area contributed by atoms with E-state index in [1.807, 2.05) is 125 Å². The van der Waals surface area contributed by atoms with Gasteiger partial charge in [-0.2, -0.15) is 0 Å². The molecular formula is C53H54BBr2N3O11S. The number of carbonyl (C=O) groups is 4. The molecule has 0 amide bonds. The van der Waals surface area contributed by atoms with Crippen molar-refractivity contribution in [3.8, 4) is 16.2 Å². The third-order valence-electron chi connectivity index (χ3n) is 11.1. The number of phenols is 1. The summed E-state index contributed by atoms with van der Waals surface area (Å²) in [5.74, 6) is -0.631. The molecular weight excluding hydrogens is 1060 g/mol. The van der Waals surface area contributed by atoms with Gasteiger partial charge >= 0.3 is 31.0 Å². The minimum Gasteiger partial charge on any atom is -0.508 e. The van der Waals surface area contributed by atoms with Gasteiger partial charge in [-0.15, -0.1) is 11.3 Å². The van der Waals surface area contributed by atoms with Crippen molar-refractivity contribution in [2.24, 2.45) is 0 Å². The summed E-state index contributed by atoms with van der Waals surface area (Å²) in [5, 5.41) is 21.3. The number of aliphatic carboxylic acids is 1. The van der Waals surface area contributed by atoms with Crippen LogP contribution in [0, 0.1) is 0 Å². The maximum absolute atomic E-state index is 11.4. The van der Waals surface area contributed by atoms with Crippen molar-refractivity contribution in [2.45, 2.75) is 64.6 Å². The fourth-order valence-electron chi connectivity index (χ4n) is 6.46. The van der Waals surface area contributed by atoms with Crippen molar-refractivity contribution < 1.29 is 52.9 Å². The number of hydrogen-bond donors (Lipinski definition) is 3. The summed E-state index contributed by atoms with van der Waals surface area (Å²) < 4.78 is 28.7. The molecule has 0 atom stereocenters. The summed E-state index contributed by atoms with van der Waals surface area (Å²) in [5.41, 5.74) is 6.51. The zero-order chi connectivity index (χ0) is 51.7. The van der Waals surface area contributed by atoms with E-state index in [4.69, 9.17) is 19.2 Å². The lowest BCUT2D eigenvalue weighted by Gasteiger charge is -2.32. The van der Waals surface area contributed by atoms with Crippen LogP contribution in [0.3, 0.4) is 0 Å². The van der Waals surface area contributed by atoms with E-state index in [1.54, 1.807) is 41.7 Å². The highest BCUT2D eigenvalue weighted by Crippen LogP contribution is 2.38. The molecule has 7 aromatic rings. The summed E-state index contributed by atoms with van der Waals surface area (Å²) in [7, 11) is 3.80. The molecule has 5 aromatic carbocycles. The van der Waals surface area contributed by atoms with Crippen molar-refractivity contribution in [3.05, 3.63) is 165 Å². The number of phenolic OH excluding ortho intramolecular Hbond substituents is 1. The van der Waals surface area contributed by atoms with E-state index < -0.39 is 5.97 Å². The van der Waals surface area contributed by atoms with Gasteiger partial charge in [0.25, 0.3) is 0 Å². The molecule has 0 unspecified atom stereocenters. The number of rotatable bonds is 12. The molecule has 0 saturated carbocycles. The Hall–Kier alpha value is -6.44. The molecule has 8 rings (SSSR count). The van der Waals surface area contributed by atoms with Crippen LogP contribution >= 0.6 is 43.2 Å². The lowest BCUT2D eigenvalue weighted by Crippen LogP contribution is -2.41. The second-order valence-electron chi connectivity index (χ2n) is 16.8. The minimum atomic E-state index is -0.799. The SMILES string of the molecule is COC(=O)Cc1ccc(-c2cc3ncnc(Nc4cccc(O)c4)c3s2)cc1.COC(=O)Cc1ccc(B2OC(C)(C)C(C)(C)O2)cc1.COC(=O)Cc1ccc(Br)cc1.O=C(O)Cc1ccc(Br)cc1. The summed E-state index contributed by atoms with van der Waals surface area (Å²) in [6.07, 6.45) is 2.48. The highest BCUT2D eigenvalue weighted by atomic mass is 79.9. The number of ether oxygens (including phenoxy) is 3. The van der Waals surface area contributed by atoms with Crippen LogP contribution in [0.4, 0.5) is 11.5 Å². The van der Waals surface area contributed by atoms with Gasteiger partial charge in [-0.05, 0) is 103 Å². The lowest BCUT2D eigenvalue weighted by molar-refractivity contribution is -0.140. The Kier molecular flexibility index (Phi) is 20.4. The summed E-state index contributed by atoms with van der Waals surface area (Å²) >= 11 is 8.16. The topological polar surface area (TPSA) is 193 Å². The zero-order valence-corrected chi connectivity index (χ0v) is 44.2. The van der Waals surface area contributed by atoms with Crippen LogP contribution in [0.5, 0.6) is 5.75 Å². The van der Waals surface area contributed by atoms with Crippen LogP contribution in [0.15, 0.2) is 143 Å². The molecule has 71 heavy (non-hydrogen) atoms. The van der Waals surface area contributed by atoms with Crippen LogP contribution < -0.4 is 10.8 Å². The van der Waals surface area contributed by atoms with E-state index in [0.29, 0.717) is 12.2 Å². The van der Waals surface area contributed by atoms with E-state index in [2.05, 4.69) is 56.6 Å². The standard InChI is InChI=1S/C21H17N3O3S.C15H21BO4.C9H9BrO2.C8H7BrO2/c1-27-19(26)9-13-5-7-14(8-6-13)18-11-17-20(28-18)21(23-12-22-17)24-15-3-2-4-16(25)10-15;1-14(2)15(3,4)20-16(19-14)12-8-6-11(7-9-12)10-13(17)18-5;1-12-9(11)6-7-2-4-8(10)5-3-7;9-7-3-1-6(2-4-7)5-8(10)11/h2-8,10-12,25H,9H2,1H3,(H,22,23,24);6-9H,10H2,1-5H3;2-5H,6H2,1H3;1-4H,5H2,(H,10,11). The van der Waals surface area contributed by atoms with Gasteiger partial charge in [0, 0.05) is 25.6 Å². The average molecular weight is 1110 g/mol. The molecule has 14 nitrogen and oxygen atoms in total. The Bertz CT molecular complexity index is 2860. The van der Waals surface area contributed by atoms with Crippen molar-refractivity contribution >= 4 is 101 Å². The summed E-state index contributed by atoms with van der Waals surface area (Å²) in [6, 6.07) is 39.2. The molecule has 0 spiro atoms. The Morgan fingerprint density at radius 1 is 0.634 bits per heavy atom. The van der Waals surface area contributed by atoms with Crippen molar-refractivity contribution in [1.29, 1.82) is 0 Å². The quantitative estimate of drug-likeness (QED) is 0.0594. The largest absolute Gasteiger partial charge is 0.508 e. The first-order valence-electron chi connectivity index (χ1n) is 22.0. The van der Waals surface area contributed by atoms with Crippen molar-refractivity contribution in [3.63, 3.8) is 0 Å². The number of carbonyl (C=O) groups excluding carboxylic acids is 3. The Labute approximate surface area is 434 Å². The molecule has 2 aromatic heterocycles. The predicted octanol–water partition coefficient (Wildman–Crippen LogP) is 10.5. The number of aromatic nitrogens is 2. The number of carboxylic acid groups (broad SMARTS) is 1. The number of nitrogens with zero attached hydrogens (tertiary/aromatic N) is 2. The number of esters is 3. The van der Waals surface area contributed by atoms with Gasteiger partial charge < -0.3 is 39.0 Å². The Morgan fingerprint density at radius 3 is 1.54 bits per heavy atom. The maximum Gasteiger partial charge on any atom is 0.494 e. The lowest BCUT2D eigenvalue weighted by atomic mass is 9.79. The molecule has 1 fully saturated rings. The summed E-state index contributed by atoms with van der Waals surface area (Å²) in [6.45, 7) is 8.11. The van der Waals surface area contributed by atoms with Crippen LogP contribution in [-0.4, -0.2) is 83.7 Å². The number of halogens is 2. The number of aromatic hydroxyl groups is 1. The number of thiophene rings is 1. The number of carboxylic acids is 1. The normalized spacial score (nSPS) is 12.9. The molecule has 1 aliphatic heterocycles. The van der Waals surface area contributed by atoms with Crippen LogP contribution in [0.1, 0.15) is 49.9 Å². The van der Waals surface area contributed by atoms with Crippen molar-refractivity contribution in [1.82, 2.24) is 9.97 Å². The molecule has 0 radical (unpaired) electrons. The molecule has 1 aliphatic rings. The van der Waals surface area contributed by atoms with Gasteiger partial charge in [0.1, 0.15) is 12.1 Å². The number of hydrogen-bond acceptors (Lipinski definition) is 14. The maximum atomic E-state index is 11.4. The Balaban J connectivity index is 0.000000190. The monoisotopic (exact) mass is 1110 g/mol. The van der Waals surface area contributed by atoms with Crippen LogP contribution in [-0.2, 0) is 68.4 Å². The number of methoxy groups -OCH3 is 3. The number of anilines is 2. The van der Waals surface area contributed by atoms with Gasteiger partial charge in [-0.25, -0.2) is 9.97 Å². The third kappa shape index (κ3) is 17.1. The molecule has 3 heterocycles. The fourth-order valence-corrected chi connectivity index (χ4v) is 8.05. The van der Waals surface area contributed by atoms with E-state index in [9.17, 15) is 24.3 Å². The number of benzene rings is 5. The minimum absolute atomic E-state index is 0.0906. The first-order chi connectivity index (χ1) is 33.8. The smallest absolute Gasteiger partial charge is 0.494 e. The van der Waals surface area contributed by atoms with E-state index >= 15 is 0 Å². The third-order valence-corrected chi connectivity index (χ3v) is 13.3. The molecule has 0 bridgehead atoms. The Morgan fingerprint density at radius 2 is 1.08 bits per heavy atom. The van der Waals surface area contributed by atoms with Crippen LogP contribution in [0.2, 0.25) is 0 Å². The van der Waals surface area contributed by atoms with Gasteiger partial charge in [-0.1, -0.05) is 111 Å². The molecule has 3 N–H and O–H groups in total. The molecule has 1 saturated heterocycles. The second-order valence-corrected chi connectivity index (χ2v) is 19.7. The van der Waals surface area contributed by atoms with Gasteiger partial charge in [-0.3, -0.25) is 19.2 Å². The molecule has 18 heteroatoms. The highest BCUT2D eigenvalue weighted by Gasteiger charge is 2.51. The van der Waals surface area contributed by atoms with E-state index in [-0.39, 0.29) is 61.2 Å². The zero-order valence-electron chi connectivity index (χ0n) is 40.2.